The summed E-state index contributed by atoms with van der Waals surface area (Å²) in [4.78, 5) is 0. The second kappa shape index (κ2) is 7.85. The number of hydrogen-bond donors (Lipinski definition) is 2. The van der Waals surface area contributed by atoms with Crippen LogP contribution in [0.25, 0.3) is 0 Å². The third-order valence-corrected chi connectivity index (χ3v) is 3.77. The molecule has 0 saturated carbocycles. The van der Waals surface area contributed by atoms with Gasteiger partial charge >= 0.3 is 0 Å². The maximum Gasteiger partial charge on any atom is 0.0251 e. The van der Waals surface area contributed by atoms with Crippen molar-refractivity contribution in [1.29, 1.82) is 0 Å². The summed E-state index contributed by atoms with van der Waals surface area (Å²) in [5, 5.41) is 0. The largest absolute Gasteiger partial charge is 0.271 e. The Morgan fingerprint density at radius 1 is 1.24 bits per heavy atom. The standard InChI is InChI=1S/C14H23BrN2/c1-11(2)6-5-8-13(17-16)10-12-7-3-4-9-14(12)15/h3-4,7,9,11,13,17H,5-6,8,10,16H2,1-2H3. The first-order valence-corrected chi connectivity index (χ1v) is 7.12. The van der Waals surface area contributed by atoms with Crippen molar-refractivity contribution in [3.8, 4) is 0 Å². The average Bonchev–Trinajstić information content (AvgIpc) is 2.30. The minimum Gasteiger partial charge on any atom is -0.271 e. The predicted octanol–water partition coefficient (Wildman–Crippen LogP) is 3.65. The predicted molar refractivity (Wildman–Crippen MR) is 77.6 cm³/mol. The van der Waals surface area contributed by atoms with E-state index in [1.807, 2.05) is 6.07 Å². The zero-order valence-corrected chi connectivity index (χ0v) is 12.3. The molecule has 0 aliphatic heterocycles. The van der Waals surface area contributed by atoms with Gasteiger partial charge in [0.05, 0.1) is 0 Å². The average molecular weight is 299 g/mol. The van der Waals surface area contributed by atoms with E-state index in [9.17, 15) is 0 Å². The van der Waals surface area contributed by atoms with Gasteiger partial charge < -0.3 is 0 Å². The molecule has 96 valence electrons. The van der Waals surface area contributed by atoms with Gasteiger partial charge in [-0.15, -0.1) is 0 Å². The first-order valence-electron chi connectivity index (χ1n) is 6.33. The minimum atomic E-state index is 0.368. The van der Waals surface area contributed by atoms with Crippen LogP contribution in [0.5, 0.6) is 0 Å². The molecule has 0 aliphatic rings. The highest BCUT2D eigenvalue weighted by Crippen LogP contribution is 2.19. The molecule has 0 amide bonds. The molecule has 1 atom stereocenters. The second-order valence-corrected chi connectivity index (χ2v) is 5.84. The van der Waals surface area contributed by atoms with E-state index in [-0.39, 0.29) is 0 Å². The maximum absolute atomic E-state index is 5.62. The number of benzene rings is 1. The smallest absolute Gasteiger partial charge is 0.0251 e. The number of halogens is 1. The van der Waals surface area contributed by atoms with Gasteiger partial charge in [-0.05, 0) is 30.4 Å². The lowest BCUT2D eigenvalue weighted by atomic mass is 9.99. The fraction of sp³-hybridized carbons (Fsp3) is 0.571. The van der Waals surface area contributed by atoms with Crippen LogP contribution < -0.4 is 11.3 Å². The Balaban J connectivity index is 2.44. The number of hydrazine groups is 1. The van der Waals surface area contributed by atoms with E-state index < -0.39 is 0 Å². The SMILES string of the molecule is CC(C)CCCC(Cc1ccccc1Br)NN. The van der Waals surface area contributed by atoms with Crippen molar-refractivity contribution in [3.05, 3.63) is 34.3 Å². The fourth-order valence-electron chi connectivity index (χ4n) is 1.95. The van der Waals surface area contributed by atoms with Crippen LogP contribution in [0.4, 0.5) is 0 Å². The van der Waals surface area contributed by atoms with Gasteiger partial charge in [0.25, 0.3) is 0 Å². The molecule has 1 rings (SSSR count). The van der Waals surface area contributed by atoms with Crippen molar-refractivity contribution in [3.63, 3.8) is 0 Å². The molecule has 17 heavy (non-hydrogen) atoms. The first-order chi connectivity index (χ1) is 8.13. The van der Waals surface area contributed by atoms with Crippen LogP contribution in [0.15, 0.2) is 28.7 Å². The first kappa shape index (κ1) is 14.7. The maximum atomic E-state index is 5.62. The van der Waals surface area contributed by atoms with Crippen LogP contribution in [0.2, 0.25) is 0 Å². The number of nitrogens with two attached hydrogens (primary N) is 1. The molecule has 0 fully saturated rings. The molecule has 2 nitrogen and oxygen atoms in total. The van der Waals surface area contributed by atoms with Crippen LogP contribution in [0.1, 0.15) is 38.7 Å². The van der Waals surface area contributed by atoms with Crippen LogP contribution in [0.3, 0.4) is 0 Å². The van der Waals surface area contributed by atoms with Crippen LogP contribution in [-0.4, -0.2) is 6.04 Å². The van der Waals surface area contributed by atoms with E-state index in [1.54, 1.807) is 0 Å². The van der Waals surface area contributed by atoms with Crippen molar-refractivity contribution >= 4 is 15.9 Å². The summed E-state index contributed by atoms with van der Waals surface area (Å²) >= 11 is 3.58. The Bertz CT molecular complexity index is 326. The summed E-state index contributed by atoms with van der Waals surface area (Å²) in [7, 11) is 0. The van der Waals surface area contributed by atoms with Crippen molar-refractivity contribution in [1.82, 2.24) is 5.43 Å². The summed E-state index contributed by atoms with van der Waals surface area (Å²) in [6.45, 7) is 4.53. The fourth-order valence-corrected chi connectivity index (χ4v) is 2.39. The molecular weight excluding hydrogens is 276 g/mol. The minimum absolute atomic E-state index is 0.368. The molecule has 0 bridgehead atoms. The summed E-state index contributed by atoms with van der Waals surface area (Å²) in [6.07, 6.45) is 4.62. The zero-order valence-electron chi connectivity index (χ0n) is 10.7. The summed E-state index contributed by atoms with van der Waals surface area (Å²) < 4.78 is 1.17. The van der Waals surface area contributed by atoms with E-state index in [1.165, 1.54) is 22.9 Å². The monoisotopic (exact) mass is 298 g/mol. The molecule has 0 aromatic heterocycles. The highest BCUT2D eigenvalue weighted by molar-refractivity contribution is 9.10. The topological polar surface area (TPSA) is 38.0 Å². The van der Waals surface area contributed by atoms with Gasteiger partial charge in [-0.25, -0.2) is 0 Å². The van der Waals surface area contributed by atoms with Crippen LogP contribution in [-0.2, 0) is 6.42 Å². The third kappa shape index (κ3) is 5.66. The van der Waals surface area contributed by atoms with E-state index in [0.29, 0.717) is 6.04 Å². The molecule has 0 heterocycles. The van der Waals surface area contributed by atoms with Gasteiger partial charge in [-0.2, -0.15) is 0 Å². The van der Waals surface area contributed by atoms with E-state index >= 15 is 0 Å². The zero-order chi connectivity index (χ0) is 12.7. The van der Waals surface area contributed by atoms with Crippen LogP contribution in [0, 0.1) is 5.92 Å². The number of hydrogen-bond acceptors (Lipinski definition) is 2. The van der Waals surface area contributed by atoms with Crippen molar-refractivity contribution < 1.29 is 0 Å². The number of nitrogens with one attached hydrogen (secondary N) is 1. The highest BCUT2D eigenvalue weighted by Gasteiger charge is 2.09. The molecule has 0 saturated heterocycles. The van der Waals surface area contributed by atoms with Crippen molar-refractivity contribution in [2.45, 2.75) is 45.6 Å². The molecule has 1 aromatic rings. The Hall–Kier alpha value is -0.380. The van der Waals surface area contributed by atoms with E-state index in [0.717, 1.165) is 18.8 Å². The van der Waals surface area contributed by atoms with Gasteiger partial charge in [-0.1, -0.05) is 60.8 Å². The molecule has 1 unspecified atom stereocenters. The Kier molecular flexibility index (Phi) is 6.78. The lowest BCUT2D eigenvalue weighted by Gasteiger charge is -2.17. The van der Waals surface area contributed by atoms with Gasteiger partial charge in [0, 0.05) is 10.5 Å². The van der Waals surface area contributed by atoms with Gasteiger partial charge in [0.15, 0.2) is 0 Å². The molecule has 0 spiro atoms. The Morgan fingerprint density at radius 3 is 2.53 bits per heavy atom. The molecule has 1 aromatic carbocycles. The lowest BCUT2D eigenvalue weighted by Crippen LogP contribution is -2.36. The normalized spacial score (nSPS) is 13.0. The van der Waals surface area contributed by atoms with Gasteiger partial charge in [-0.3, -0.25) is 11.3 Å². The Labute approximate surface area is 113 Å². The summed E-state index contributed by atoms with van der Waals surface area (Å²) in [6, 6.07) is 8.71. The van der Waals surface area contributed by atoms with Gasteiger partial charge in [0.1, 0.15) is 0 Å². The second-order valence-electron chi connectivity index (χ2n) is 4.98. The molecule has 0 aliphatic carbocycles. The summed E-state index contributed by atoms with van der Waals surface area (Å²) in [5.74, 6) is 6.40. The van der Waals surface area contributed by atoms with Crippen LogP contribution >= 0.6 is 15.9 Å². The Morgan fingerprint density at radius 2 is 1.94 bits per heavy atom. The number of rotatable bonds is 7. The molecule has 3 heteroatoms. The van der Waals surface area contributed by atoms with E-state index in [2.05, 4.69) is 53.4 Å². The molecule has 0 radical (unpaired) electrons. The molecular formula is C14H23BrN2. The highest BCUT2D eigenvalue weighted by atomic mass is 79.9. The lowest BCUT2D eigenvalue weighted by molar-refractivity contribution is 0.441. The van der Waals surface area contributed by atoms with Gasteiger partial charge in [0.2, 0.25) is 0 Å². The molecule has 3 N–H and O–H groups in total. The third-order valence-electron chi connectivity index (χ3n) is 2.99. The van der Waals surface area contributed by atoms with Crippen molar-refractivity contribution in [2.75, 3.05) is 0 Å². The van der Waals surface area contributed by atoms with E-state index in [4.69, 9.17) is 5.84 Å². The quantitative estimate of drug-likeness (QED) is 0.596. The summed E-state index contributed by atoms with van der Waals surface area (Å²) in [5.41, 5.74) is 4.25. The van der Waals surface area contributed by atoms with Crippen molar-refractivity contribution in [2.24, 2.45) is 11.8 Å².